The molecule has 0 radical (unpaired) electrons. The van der Waals surface area contributed by atoms with Crippen molar-refractivity contribution >= 4 is 0 Å². The first kappa shape index (κ1) is 9.01. The second-order valence-electron chi connectivity index (χ2n) is 3.81. The van der Waals surface area contributed by atoms with E-state index in [2.05, 4.69) is 12.2 Å². The van der Waals surface area contributed by atoms with Crippen molar-refractivity contribution in [1.29, 1.82) is 0 Å². The first-order valence-electron chi connectivity index (χ1n) is 4.59. The van der Waals surface area contributed by atoms with Crippen LogP contribution in [0, 0.1) is 11.8 Å². The van der Waals surface area contributed by atoms with E-state index in [9.17, 15) is 0 Å². The Labute approximate surface area is 69.0 Å². The van der Waals surface area contributed by atoms with Crippen LogP contribution in [0.2, 0.25) is 0 Å². The summed E-state index contributed by atoms with van der Waals surface area (Å²) < 4.78 is 0. The molecule has 2 nitrogen and oxygen atoms in total. The van der Waals surface area contributed by atoms with Crippen LogP contribution in [0.4, 0.5) is 0 Å². The molecule has 66 valence electrons. The van der Waals surface area contributed by atoms with Gasteiger partial charge in [-0.1, -0.05) is 6.92 Å². The summed E-state index contributed by atoms with van der Waals surface area (Å²) in [4.78, 5) is 0. The molecule has 0 heterocycles. The summed E-state index contributed by atoms with van der Waals surface area (Å²) in [5, 5.41) is 12.3. The summed E-state index contributed by atoms with van der Waals surface area (Å²) in [5.74, 6) is 1.86. The second-order valence-corrected chi connectivity index (χ2v) is 3.81. The third-order valence-electron chi connectivity index (χ3n) is 2.42. The Kier molecular flexibility index (Phi) is 3.34. The molecule has 0 amide bonds. The molecule has 0 aromatic carbocycles. The van der Waals surface area contributed by atoms with Crippen LogP contribution in [0.25, 0.3) is 0 Å². The molecule has 1 aliphatic carbocycles. The van der Waals surface area contributed by atoms with E-state index in [4.69, 9.17) is 5.11 Å². The zero-order valence-electron chi connectivity index (χ0n) is 7.51. The largest absolute Gasteiger partial charge is 0.393 e. The number of nitrogens with one attached hydrogen (secondary N) is 1. The standard InChI is InChI=1S/C9H19NO/c1-7-5-9(7)6-10-4-3-8(2)11/h7-11H,3-6H2,1-2H3. The Morgan fingerprint density at radius 1 is 1.64 bits per heavy atom. The molecular formula is C9H19NO. The SMILES string of the molecule is CC(O)CCNCC1CC1C. The van der Waals surface area contributed by atoms with E-state index in [1.807, 2.05) is 6.92 Å². The minimum absolute atomic E-state index is 0.154. The molecule has 1 aliphatic rings. The van der Waals surface area contributed by atoms with Crippen LogP contribution in [-0.4, -0.2) is 24.3 Å². The molecule has 0 spiro atoms. The van der Waals surface area contributed by atoms with Gasteiger partial charge in [0.05, 0.1) is 6.10 Å². The summed E-state index contributed by atoms with van der Waals surface area (Å²) >= 11 is 0. The van der Waals surface area contributed by atoms with Gasteiger partial charge in [-0.25, -0.2) is 0 Å². The fourth-order valence-corrected chi connectivity index (χ4v) is 1.28. The van der Waals surface area contributed by atoms with Gasteiger partial charge in [-0.05, 0) is 44.7 Å². The van der Waals surface area contributed by atoms with Gasteiger partial charge in [0.25, 0.3) is 0 Å². The van der Waals surface area contributed by atoms with Crippen molar-refractivity contribution in [2.45, 2.75) is 32.8 Å². The molecule has 1 rings (SSSR count). The number of aliphatic hydroxyl groups is 1. The molecular weight excluding hydrogens is 138 g/mol. The molecule has 3 unspecified atom stereocenters. The second kappa shape index (κ2) is 4.07. The van der Waals surface area contributed by atoms with Crippen molar-refractivity contribution in [1.82, 2.24) is 5.32 Å². The van der Waals surface area contributed by atoms with Crippen LogP contribution in [-0.2, 0) is 0 Å². The maximum absolute atomic E-state index is 8.95. The average molecular weight is 157 g/mol. The number of rotatable bonds is 5. The summed E-state index contributed by atoms with van der Waals surface area (Å²) in [6, 6.07) is 0. The monoisotopic (exact) mass is 157 g/mol. The predicted octanol–water partition coefficient (Wildman–Crippen LogP) is 1.00. The van der Waals surface area contributed by atoms with Crippen LogP contribution in [0.1, 0.15) is 26.7 Å². The minimum Gasteiger partial charge on any atom is -0.393 e. The molecule has 0 bridgehead atoms. The highest BCUT2D eigenvalue weighted by molar-refractivity contribution is 4.83. The Morgan fingerprint density at radius 3 is 2.73 bits per heavy atom. The summed E-state index contributed by atoms with van der Waals surface area (Å²) in [6.45, 7) is 6.23. The lowest BCUT2D eigenvalue weighted by atomic mass is 10.3. The normalized spacial score (nSPS) is 31.9. The van der Waals surface area contributed by atoms with Gasteiger partial charge in [0, 0.05) is 0 Å². The molecule has 0 aromatic rings. The van der Waals surface area contributed by atoms with Crippen LogP contribution in [0.5, 0.6) is 0 Å². The summed E-state index contributed by atoms with van der Waals surface area (Å²) in [6.07, 6.45) is 2.11. The Balaban J connectivity index is 1.81. The third kappa shape index (κ3) is 3.73. The number of hydrogen-bond donors (Lipinski definition) is 2. The summed E-state index contributed by atoms with van der Waals surface area (Å²) in [7, 11) is 0. The Morgan fingerprint density at radius 2 is 2.27 bits per heavy atom. The Hall–Kier alpha value is -0.0800. The highest BCUT2D eigenvalue weighted by Gasteiger charge is 2.31. The molecule has 0 aromatic heterocycles. The molecule has 0 aliphatic heterocycles. The fourth-order valence-electron chi connectivity index (χ4n) is 1.28. The first-order chi connectivity index (χ1) is 5.20. The predicted molar refractivity (Wildman–Crippen MR) is 46.4 cm³/mol. The smallest absolute Gasteiger partial charge is 0.0524 e. The van der Waals surface area contributed by atoms with Gasteiger partial charge < -0.3 is 10.4 Å². The lowest BCUT2D eigenvalue weighted by Gasteiger charge is -2.05. The molecule has 2 heteroatoms. The van der Waals surface area contributed by atoms with Crippen LogP contribution < -0.4 is 5.32 Å². The van der Waals surface area contributed by atoms with Gasteiger partial charge >= 0.3 is 0 Å². The number of hydrogen-bond acceptors (Lipinski definition) is 2. The van der Waals surface area contributed by atoms with E-state index >= 15 is 0 Å². The minimum atomic E-state index is -0.154. The lowest BCUT2D eigenvalue weighted by Crippen LogP contribution is -2.21. The van der Waals surface area contributed by atoms with Crippen LogP contribution in [0.15, 0.2) is 0 Å². The van der Waals surface area contributed by atoms with Crippen molar-refractivity contribution in [2.24, 2.45) is 11.8 Å². The van der Waals surface area contributed by atoms with Crippen molar-refractivity contribution in [3.8, 4) is 0 Å². The van der Waals surface area contributed by atoms with Gasteiger partial charge in [-0.3, -0.25) is 0 Å². The average Bonchev–Trinajstić information content (AvgIpc) is 2.59. The van der Waals surface area contributed by atoms with Crippen LogP contribution >= 0.6 is 0 Å². The highest BCUT2D eigenvalue weighted by atomic mass is 16.3. The maximum Gasteiger partial charge on any atom is 0.0524 e. The summed E-state index contributed by atoms with van der Waals surface area (Å²) in [5.41, 5.74) is 0. The van der Waals surface area contributed by atoms with Crippen molar-refractivity contribution in [3.63, 3.8) is 0 Å². The van der Waals surface area contributed by atoms with Crippen LogP contribution in [0.3, 0.4) is 0 Å². The zero-order chi connectivity index (χ0) is 8.27. The van der Waals surface area contributed by atoms with Gasteiger partial charge in [0.1, 0.15) is 0 Å². The molecule has 11 heavy (non-hydrogen) atoms. The molecule has 1 fully saturated rings. The van der Waals surface area contributed by atoms with Gasteiger partial charge in [0.2, 0.25) is 0 Å². The topological polar surface area (TPSA) is 32.3 Å². The third-order valence-corrected chi connectivity index (χ3v) is 2.42. The van der Waals surface area contributed by atoms with Crippen molar-refractivity contribution in [2.75, 3.05) is 13.1 Å². The molecule has 3 atom stereocenters. The number of aliphatic hydroxyl groups excluding tert-OH is 1. The molecule has 1 saturated carbocycles. The van der Waals surface area contributed by atoms with E-state index < -0.39 is 0 Å². The van der Waals surface area contributed by atoms with Gasteiger partial charge in [-0.15, -0.1) is 0 Å². The van der Waals surface area contributed by atoms with E-state index in [-0.39, 0.29) is 6.10 Å². The van der Waals surface area contributed by atoms with E-state index in [0.29, 0.717) is 0 Å². The van der Waals surface area contributed by atoms with Crippen molar-refractivity contribution in [3.05, 3.63) is 0 Å². The molecule has 2 N–H and O–H groups in total. The van der Waals surface area contributed by atoms with Gasteiger partial charge in [0.15, 0.2) is 0 Å². The van der Waals surface area contributed by atoms with Gasteiger partial charge in [-0.2, -0.15) is 0 Å². The van der Waals surface area contributed by atoms with Crippen molar-refractivity contribution < 1.29 is 5.11 Å². The van der Waals surface area contributed by atoms with E-state index in [1.165, 1.54) is 6.42 Å². The zero-order valence-corrected chi connectivity index (χ0v) is 7.51. The fraction of sp³-hybridized carbons (Fsp3) is 1.00. The maximum atomic E-state index is 8.95. The first-order valence-corrected chi connectivity index (χ1v) is 4.59. The molecule has 0 saturated heterocycles. The van der Waals surface area contributed by atoms with E-state index in [1.54, 1.807) is 0 Å². The quantitative estimate of drug-likeness (QED) is 0.584. The Bertz CT molecular complexity index is 114. The highest BCUT2D eigenvalue weighted by Crippen LogP contribution is 2.36. The van der Waals surface area contributed by atoms with E-state index in [0.717, 1.165) is 31.3 Å². The lowest BCUT2D eigenvalue weighted by molar-refractivity contribution is 0.183.